The van der Waals surface area contributed by atoms with E-state index in [4.69, 9.17) is 14.2 Å². The Hall–Kier alpha value is -4.08. The lowest BCUT2D eigenvalue weighted by Crippen LogP contribution is -2.32. The van der Waals surface area contributed by atoms with E-state index < -0.39 is 11.9 Å². The predicted molar refractivity (Wildman–Crippen MR) is 154 cm³/mol. The summed E-state index contributed by atoms with van der Waals surface area (Å²) < 4.78 is 17.5. The highest BCUT2D eigenvalue weighted by molar-refractivity contribution is 9.10. The highest BCUT2D eigenvalue weighted by Crippen LogP contribution is 2.35. The summed E-state index contributed by atoms with van der Waals surface area (Å²) in [6, 6.07) is 25.5. The van der Waals surface area contributed by atoms with Gasteiger partial charge in [-0.1, -0.05) is 54.6 Å². The van der Waals surface area contributed by atoms with Gasteiger partial charge in [0, 0.05) is 9.86 Å². The van der Waals surface area contributed by atoms with Crippen molar-refractivity contribution in [3.8, 4) is 17.2 Å². The van der Waals surface area contributed by atoms with Crippen molar-refractivity contribution in [1.29, 1.82) is 0 Å². The standard InChI is InChI=1S/C30H22BrNO6S/c1-36-26-17-19(13-14-25(26)38-29(34)22-10-4-5-11-23(22)31)18-27-28(33)32(30(35)39-27)15-16-37-24-12-6-8-20-7-2-3-9-21(20)24/h2-14,17-18H,15-16H2,1H3/b27-18-. The first-order chi connectivity index (χ1) is 18.9. The second-order valence-electron chi connectivity index (χ2n) is 8.44. The van der Waals surface area contributed by atoms with Crippen LogP contribution in [0.15, 0.2) is 94.3 Å². The third-order valence-electron chi connectivity index (χ3n) is 5.98. The largest absolute Gasteiger partial charge is 0.493 e. The van der Waals surface area contributed by atoms with Crippen molar-refractivity contribution in [2.75, 3.05) is 20.3 Å². The maximum atomic E-state index is 13.0. The molecule has 196 valence electrons. The van der Waals surface area contributed by atoms with E-state index in [1.807, 2.05) is 42.5 Å². The molecule has 0 aliphatic carbocycles. The van der Waals surface area contributed by atoms with Gasteiger partial charge >= 0.3 is 5.97 Å². The normalized spacial score (nSPS) is 14.2. The molecular formula is C30H22BrNO6S. The minimum absolute atomic E-state index is 0.123. The van der Waals surface area contributed by atoms with E-state index in [1.165, 1.54) is 12.0 Å². The second-order valence-corrected chi connectivity index (χ2v) is 10.3. The predicted octanol–water partition coefficient (Wildman–Crippen LogP) is 6.95. The molecule has 0 aromatic heterocycles. The van der Waals surface area contributed by atoms with Crippen LogP contribution in [0, 0.1) is 0 Å². The first-order valence-electron chi connectivity index (χ1n) is 12.0. The number of rotatable bonds is 8. The summed E-state index contributed by atoms with van der Waals surface area (Å²) in [6.07, 6.45) is 1.61. The molecule has 0 atom stereocenters. The molecule has 2 amide bonds. The van der Waals surface area contributed by atoms with Crippen molar-refractivity contribution in [3.63, 3.8) is 0 Å². The van der Waals surface area contributed by atoms with Crippen LogP contribution in [0.2, 0.25) is 0 Å². The van der Waals surface area contributed by atoms with Crippen molar-refractivity contribution in [3.05, 3.63) is 105 Å². The smallest absolute Gasteiger partial charge is 0.344 e. The third kappa shape index (κ3) is 5.84. The summed E-state index contributed by atoms with van der Waals surface area (Å²) in [5.74, 6) is 0.305. The average molecular weight is 604 g/mol. The van der Waals surface area contributed by atoms with Crippen LogP contribution < -0.4 is 14.2 Å². The number of carbonyl (C=O) groups is 3. The number of fused-ring (bicyclic) bond motifs is 1. The van der Waals surface area contributed by atoms with E-state index in [9.17, 15) is 14.4 Å². The zero-order valence-corrected chi connectivity index (χ0v) is 23.2. The van der Waals surface area contributed by atoms with E-state index >= 15 is 0 Å². The molecule has 9 heteroatoms. The molecule has 7 nitrogen and oxygen atoms in total. The van der Waals surface area contributed by atoms with Gasteiger partial charge in [0.05, 0.1) is 24.1 Å². The molecule has 0 radical (unpaired) electrons. The van der Waals surface area contributed by atoms with E-state index in [0.717, 1.165) is 22.5 Å². The van der Waals surface area contributed by atoms with E-state index in [1.54, 1.807) is 48.5 Å². The van der Waals surface area contributed by atoms with Gasteiger partial charge in [-0.2, -0.15) is 0 Å². The number of nitrogens with zero attached hydrogens (tertiary/aromatic N) is 1. The Bertz CT molecular complexity index is 1610. The van der Waals surface area contributed by atoms with Crippen molar-refractivity contribution >= 4 is 61.7 Å². The van der Waals surface area contributed by atoms with Crippen molar-refractivity contribution < 1.29 is 28.6 Å². The van der Waals surface area contributed by atoms with Gasteiger partial charge in [-0.25, -0.2) is 4.79 Å². The van der Waals surface area contributed by atoms with Crippen LogP contribution in [0.1, 0.15) is 15.9 Å². The SMILES string of the molecule is COc1cc(/C=C2\SC(=O)N(CCOc3cccc4ccccc34)C2=O)ccc1OC(=O)c1ccccc1Br. The monoisotopic (exact) mass is 603 g/mol. The summed E-state index contributed by atoms with van der Waals surface area (Å²) in [6.45, 7) is 0.295. The lowest BCUT2D eigenvalue weighted by Gasteiger charge is -2.14. The fraction of sp³-hybridized carbons (Fsp3) is 0.100. The van der Waals surface area contributed by atoms with Crippen LogP contribution in [-0.4, -0.2) is 42.3 Å². The maximum Gasteiger partial charge on any atom is 0.344 e. The molecule has 1 heterocycles. The molecule has 5 rings (SSSR count). The van der Waals surface area contributed by atoms with Gasteiger partial charge in [-0.3, -0.25) is 14.5 Å². The fourth-order valence-corrected chi connectivity index (χ4v) is 5.36. The summed E-state index contributed by atoms with van der Waals surface area (Å²) >= 11 is 4.21. The van der Waals surface area contributed by atoms with E-state index in [2.05, 4.69) is 15.9 Å². The van der Waals surface area contributed by atoms with Crippen LogP contribution in [0.4, 0.5) is 4.79 Å². The quantitative estimate of drug-likeness (QED) is 0.122. The molecule has 0 bridgehead atoms. The van der Waals surface area contributed by atoms with Gasteiger partial charge in [-0.15, -0.1) is 0 Å². The van der Waals surface area contributed by atoms with E-state index in [-0.39, 0.29) is 29.0 Å². The minimum Gasteiger partial charge on any atom is -0.493 e. The molecule has 0 saturated carbocycles. The lowest BCUT2D eigenvalue weighted by atomic mass is 10.1. The summed E-state index contributed by atoms with van der Waals surface area (Å²) in [4.78, 5) is 39.6. The van der Waals surface area contributed by atoms with Crippen molar-refractivity contribution in [2.45, 2.75) is 0 Å². The number of methoxy groups -OCH3 is 1. The van der Waals surface area contributed by atoms with Gasteiger partial charge in [0.1, 0.15) is 12.4 Å². The number of amides is 2. The third-order valence-corrected chi connectivity index (χ3v) is 7.58. The number of carbonyl (C=O) groups excluding carboxylic acids is 3. The Morgan fingerprint density at radius 3 is 2.51 bits per heavy atom. The summed E-state index contributed by atoms with van der Waals surface area (Å²) in [5.41, 5.74) is 0.992. The zero-order valence-electron chi connectivity index (χ0n) is 20.8. The van der Waals surface area contributed by atoms with Crippen LogP contribution in [0.3, 0.4) is 0 Å². The van der Waals surface area contributed by atoms with Gasteiger partial charge in [-0.05, 0) is 75.0 Å². The van der Waals surface area contributed by atoms with Gasteiger partial charge in [0.25, 0.3) is 11.1 Å². The number of benzene rings is 4. The Balaban J connectivity index is 1.26. The Morgan fingerprint density at radius 2 is 1.69 bits per heavy atom. The summed E-state index contributed by atoms with van der Waals surface area (Å²) in [7, 11) is 1.46. The summed E-state index contributed by atoms with van der Waals surface area (Å²) in [5, 5.41) is 1.65. The second kappa shape index (κ2) is 11.8. The van der Waals surface area contributed by atoms with Gasteiger partial charge in [0.2, 0.25) is 0 Å². The lowest BCUT2D eigenvalue weighted by molar-refractivity contribution is -0.123. The topological polar surface area (TPSA) is 82.1 Å². The van der Waals surface area contributed by atoms with Crippen LogP contribution in [-0.2, 0) is 4.79 Å². The maximum absolute atomic E-state index is 13.0. The van der Waals surface area contributed by atoms with Gasteiger partial charge in [0.15, 0.2) is 11.5 Å². The number of thioether (sulfide) groups is 1. The highest BCUT2D eigenvalue weighted by Gasteiger charge is 2.35. The number of ether oxygens (including phenoxy) is 3. The van der Waals surface area contributed by atoms with Crippen LogP contribution >= 0.6 is 27.7 Å². The Kier molecular flexibility index (Phi) is 7.99. The molecule has 0 N–H and O–H groups in total. The molecular weight excluding hydrogens is 582 g/mol. The minimum atomic E-state index is -0.541. The molecule has 1 fully saturated rings. The molecule has 4 aromatic carbocycles. The molecule has 1 aliphatic rings. The van der Waals surface area contributed by atoms with Crippen molar-refractivity contribution in [1.82, 2.24) is 4.90 Å². The average Bonchev–Trinajstić information content (AvgIpc) is 3.21. The first-order valence-corrected chi connectivity index (χ1v) is 13.6. The number of halogens is 1. The first kappa shape index (κ1) is 26.5. The van der Waals surface area contributed by atoms with E-state index in [0.29, 0.717) is 27.1 Å². The van der Waals surface area contributed by atoms with Gasteiger partial charge < -0.3 is 14.2 Å². The Labute approximate surface area is 237 Å². The van der Waals surface area contributed by atoms with Crippen LogP contribution in [0.25, 0.3) is 16.8 Å². The molecule has 1 aliphatic heterocycles. The molecule has 4 aromatic rings. The number of hydrogen-bond acceptors (Lipinski definition) is 7. The number of esters is 1. The number of hydrogen-bond donors (Lipinski definition) is 0. The molecule has 0 unspecified atom stereocenters. The zero-order chi connectivity index (χ0) is 27.4. The Morgan fingerprint density at radius 1 is 0.923 bits per heavy atom. The highest BCUT2D eigenvalue weighted by atomic mass is 79.9. The molecule has 1 saturated heterocycles. The van der Waals surface area contributed by atoms with Crippen LogP contribution in [0.5, 0.6) is 17.2 Å². The van der Waals surface area contributed by atoms with Crippen molar-refractivity contribution in [2.24, 2.45) is 0 Å². The molecule has 0 spiro atoms. The molecule has 39 heavy (non-hydrogen) atoms. The number of imide groups is 1. The fourth-order valence-electron chi connectivity index (χ4n) is 4.05.